The van der Waals surface area contributed by atoms with E-state index >= 15 is 0 Å². The molecule has 0 aliphatic carbocycles. The first-order valence-corrected chi connectivity index (χ1v) is 14.7. The van der Waals surface area contributed by atoms with Crippen LogP contribution in [-0.4, -0.2) is 25.1 Å². The maximum atomic E-state index is 13.7. The Bertz CT molecular complexity index is 1080. The van der Waals surface area contributed by atoms with Gasteiger partial charge in [0.05, 0.1) is 0 Å². The van der Waals surface area contributed by atoms with Crippen molar-refractivity contribution in [2.45, 2.75) is 0 Å². The molecule has 34 heavy (non-hydrogen) atoms. The molecule has 4 aromatic rings. The van der Waals surface area contributed by atoms with Crippen LogP contribution in [0.2, 0.25) is 0 Å². The smallest absolute Gasteiger partial charge is 0.123 e. The molecule has 5 rings (SSSR count). The molecule has 2 nitrogen and oxygen atoms in total. The molecule has 1 aliphatic rings. The molecule has 1 fully saturated rings. The zero-order chi connectivity index (χ0) is 23.3. The average Bonchev–Trinajstić information content (AvgIpc) is 2.87. The molecule has 6 heteroatoms. The van der Waals surface area contributed by atoms with Gasteiger partial charge >= 0.3 is 0 Å². The molecule has 0 N–H and O–H groups in total. The van der Waals surface area contributed by atoms with Gasteiger partial charge in [-0.25, -0.2) is 8.78 Å². The molecule has 0 spiro atoms. The van der Waals surface area contributed by atoms with E-state index in [1.165, 1.54) is 10.6 Å². The predicted molar refractivity (Wildman–Crippen MR) is 143 cm³/mol. The summed E-state index contributed by atoms with van der Waals surface area (Å²) < 4.78 is 27.4. The Morgan fingerprint density at radius 1 is 0.441 bits per heavy atom. The van der Waals surface area contributed by atoms with Crippen LogP contribution in [0.5, 0.6) is 0 Å². The van der Waals surface area contributed by atoms with Crippen molar-refractivity contribution in [3.8, 4) is 0 Å². The Morgan fingerprint density at radius 2 is 0.765 bits per heavy atom. The third kappa shape index (κ3) is 5.46. The van der Waals surface area contributed by atoms with E-state index < -0.39 is 15.8 Å². The molecule has 4 aromatic carbocycles. The lowest BCUT2D eigenvalue weighted by Crippen LogP contribution is -2.38. The van der Waals surface area contributed by atoms with E-state index in [1.54, 1.807) is 24.3 Å². The Kier molecular flexibility index (Phi) is 7.19. The van der Waals surface area contributed by atoms with Gasteiger partial charge in [0.1, 0.15) is 11.6 Å². The maximum Gasteiger partial charge on any atom is 0.123 e. The van der Waals surface area contributed by atoms with Gasteiger partial charge in [0.15, 0.2) is 0 Å². The van der Waals surface area contributed by atoms with Gasteiger partial charge < -0.3 is 9.80 Å². The summed E-state index contributed by atoms with van der Waals surface area (Å²) in [5.41, 5.74) is 2.12. The van der Waals surface area contributed by atoms with E-state index in [0.717, 1.165) is 36.5 Å². The van der Waals surface area contributed by atoms with Crippen LogP contribution >= 0.6 is 15.8 Å². The Hall–Kier alpha value is -2.80. The van der Waals surface area contributed by atoms with E-state index in [-0.39, 0.29) is 11.6 Å². The number of nitrogens with zero attached hydrogens (tertiary/aromatic N) is 2. The van der Waals surface area contributed by atoms with E-state index in [9.17, 15) is 8.78 Å². The summed E-state index contributed by atoms with van der Waals surface area (Å²) in [7, 11) is -1.13. The number of hydrogen-bond acceptors (Lipinski definition) is 2. The second-order valence-corrected chi connectivity index (χ2v) is 12.7. The minimum absolute atomic E-state index is 0.214. The van der Waals surface area contributed by atoms with Crippen LogP contribution in [0.15, 0.2) is 109 Å². The quantitative estimate of drug-likeness (QED) is 0.293. The van der Waals surface area contributed by atoms with Crippen molar-refractivity contribution >= 4 is 37.8 Å². The Labute approximate surface area is 202 Å². The Morgan fingerprint density at radius 3 is 1.09 bits per heavy atom. The fraction of sp³-hybridized carbons (Fsp3) is 0.143. The summed E-state index contributed by atoms with van der Waals surface area (Å²) in [5.74, 6) is -0.428. The van der Waals surface area contributed by atoms with Crippen LogP contribution in [0.25, 0.3) is 0 Å². The van der Waals surface area contributed by atoms with Crippen molar-refractivity contribution in [3.05, 3.63) is 121 Å². The van der Waals surface area contributed by atoms with Crippen LogP contribution in [-0.2, 0) is 0 Å². The lowest BCUT2D eigenvalue weighted by atomic mass is 10.3. The van der Waals surface area contributed by atoms with Gasteiger partial charge in [0.25, 0.3) is 0 Å². The van der Waals surface area contributed by atoms with Crippen LogP contribution in [0.3, 0.4) is 0 Å². The molecule has 0 atom stereocenters. The third-order valence-electron chi connectivity index (χ3n) is 5.99. The first-order valence-electron chi connectivity index (χ1n) is 11.3. The molecular weight excluding hydrogens is 464 g/mol. The lowest BCUT2D eigenvalue weighted by Gasteiger charge is -2.41. The van der Waals surface area contributed by atoms with E-state index in [1.807, 2.05) is 36.4 Å². The summed E-state index contributed by atoms with van der Waals surface area (Å²) in [4.78, 5) is 4.89. The van der Waals surface area contributed by atoms with E-state index in [2.05, 4.69) is 58.3 Å². The summed E-state index contributed by atoms with van der Waals surface area (Å²) in [6.45, 7) is 0. The first kappa shape index (κ1) is 23.0. The Balaban J connectivity index is 1.55. The minimum atomic E-state index is -0.565. The summed E-state index contributed by atoms with van der Waals surface area (Å²) >= 11 is 0. The van der Waals surface area contributed by atoms with Gasteiger partial charge in [-0.1, -0.05) is 60.7 Å². The van der Waals surface area contributed by atoms with Crippen LogP contribution in [0.1, 0.15) is 0 Å². The molecule has 0 saturated carbocycles. The van der Waals surface area contributed by atoms with Crippen LogP contribution in [0, 0.1) is 11.6 Å². The summed E-state index contributed by atoms with van der Waals surface area (Å²) in [6.07, 6.45) is 3.53. The SMILES string of the molecule is Fc1ccc(N2CP(c3ccccc3)CN(c3ccc(F)cc3)CP(c3ccccc3)C2)cc1. The van der Waals surface area contributed by atoms with Crippen molar-refractivity contribution in [1.82, 2.24) is 0 Å². The molecular formula is C28H26F2N2P2. The zero-order valence-corrected chi connectivity index (χ0v) is 20.6. The summed E-state index contributed by atoms with van der Waals surface area (Å²) in [5, 5.41) is 2.67. The highest BCUT2D eigenvalue weighted by Gasteiger charge is 2.28. The number of benzene rings is 4. The molecule has 0 bridgehead atoms. The fourth-order valence-electron chi connectivity index (χ4n) is 4.24. The van der Waals surface area contributed by atoms with Gasteiger partial charge in [-0.2, -0.15) is 0 Å². The van der Waals surface area contributed by atoms with Crippen molar-refractivity contribution in [2.75, 3.05) is 34.9 Å². The normalized spacial score (nSPS) is 18.9. The highest BCUT2D eigenvalue weighted by atomic mass is 31.1. The van der Waals surface area contributed by atoms with Gasteiger partial charge in [0.2, 0.25) is 0 Å². The minimum Gasteiger partial charge on any atom is -0.363 e. The van der Waals surface area contributed by atoms with Crippen molar-refractivity contribution in [3.63, 3.8) is 0 Å². The molecule has 0 amide bonds. The molecule has 0 radical (unpaired) electrons. The number of anilines is 2. The molecule has 1 heterocycles. The van der Waals surface area contributed by atoms with Gasteiger partial charge in [-0.05, 0) is 75.0 Å². The number of halogens is 2. The lowest BCUT2D eigenvalue weighted by molar-refractivity contribution is 0.627. The third-order valence-corrected chi connectivity index (χ3v) is 10.8. The van der Waals surface area contributed by atoms with E-state index in [0.29, 0.717) is 0 Å². The molecule has 1 aliphatic heterocycles. The zero-order valence-electron chi connectivity index (χ0n) is 18.8. The number of rotatable bonds is 4. The van der Waals surface area contributed by atoms with Gasteiger partial charge in [0, 0.05) is 36.5 Å². The standard InChI is InChI=1S/C28H26F2N2P2/c29-23-11-15-25(16-12-23)31-19-33(27-7-3-1-4-8-27)20-32(26-17-13-24(30)14-18-26)22-34(21-31)28-9-5-2-6-10-28/h1-18H,19-22H2. The topological polar surface area (TPSA) is 6.48 Å². The maximum absolute atomic E-state index is 13.7. The van der Waals surface area contributed by atoms with Gasteiger partial charge in [-0.3, -0.25) is 0 Å². The first-order chi connectivity index (χ1) is 16.7. The fourth-order valence-corrected chi connectivity index (χ4v) is 9.27. The highest BCUT2D eigenvalue weighted by molar-refractivity contribution is 7.67. The monoisotopic (exact) mass is 490 g/mol. The molecule has 0 aromatic heterocycles. The molecule has 1 saturated heterocycles. The van der Waals surface area contributed by atoms with Gasteiger partial charge in [-0.15, -0.1) is 0 Å². The second-order valence-electron chi connectivity index (χ2n) is 8.35. The molecule has 0 unspecified atom stereocenters. The largest absolute Gasteiger partial charge is 0.363 e. The average molecular weight is 490 g/mol. The predicted octanol–water partition coefficient (Wildman–Crippen LogP) is 6.74. The van der Waals surface area contributed by atoms with E-state index in [4.69, 9.17) is 0 Å². The van der Waals surface area contributed by atoms with Crippen LogP contribution in [0.4, 0.5) is 20.2 Å². The molecule has 172 valence electrons. The number of hydrogen-bond donors (Lipinski definition) is 0. The van der Waals surface area contributed by atoms with Crippen LogP contribution < -0.4 is 20.4 Å². The second kappa shape index (κ2) is 10.6. The van der Waals surface area contributed by atoms with Crippen molar-refractivity contribution in [2.24, 2.45) is 0 Å². The van der Waals surface area contributed by atoms with Crippen molar-refractivity contribution < 1.29 is 8.78 Å². The summed E-state index contributed by atoms with van der Waals surface area (Å²) in [6, 6.07) is 35.1. The van der Waals surface area contributed by atoms with Crippen molar-refractivity contribution in [1.29, 1.82) is 0 Å². The highest BCUT2D eigenvalue weighted by Crippen LogP contribution is 2.47.